The molecule has 0 spiro atoms. The molecule has 1 aromatic rings. The molecule has 0 amide bonds. The van der Waals surface area contributed by atoms with E-state index in [4.69, 9.17) is 16.7 Å². The van der Waals surface area contributed by atoms with Crippen LogP contribution in [0.5, 0.6) is 0 Å². The number of nitrogens with zero attached hydrogens (tertiary/aromatic N) is 1. The summed E-state index contributed by atoms with van der Waals surface area (Å²) in [6.07, 6.45) is 0. The Hall–Kier alpha value is -0.850. The van der Waals surface area contributed by atoms with Crippen molar-refractivity contribution in [3.8, 4) is 0 Å². The number of carbonyl (C=O) groups excluding carboxylic acids is 1. The molecule has 0 saturated carbocycles. The number of thiazole rings is 1. The highest BCUT2D eigenvalue weighted by Gasteiger charge is 2.22. The minimum atomic E-state index is -0.519. The van der Waals surface area contributed by atoms with E-state index in [1.807, 2.05) is 0 Å². The predicted molar refractivity (Wildman–Crippen MR) is 63.3 cm³/mol. The summed E-state index contributed by atoms with van der Waals surface area (Å²) in [5, 5.41) is 12.6. The Morgan fingerprint density at radius 1 is 1.69 bits per heavy atom. The van der Waals surface area contributed by atoms with Gasteiger partial charge in [-0.1, -0.05) is 22.9 Å². The Kier molecular flexibility index (Phi) is 4.12. The maximum absolute atomic E-state index is 11.3. The van der Waals surface area contributed by atoms with Crippen molar-refractivity contribution < 1.29 is 14.6 Å². The average molecular weight is 265 g/mol. The van der Waals surface area contributed by atoms with E-state index in [0.717, 1.165) is 11.3 Å². The number of hydrogen-bond donors (Lipinski definition) is 2. The fourth-order valence-corrected chi connectivity index (χ4v) is 2.18. The number of carbonyl (C=O) groups is 1. The molecule has 2 N–H and O–H groups in total. The summed E-state index contributed by atoms with van der Waals surface area (Å²) >= 11 is 6.88. The number of aliphatic hydroxyl groups is 1. The zero-order valence-corrected chi connectivity index (χ0v) is 10.8. The van der Waals surface area contributed by atoms with Gasteiger partial charge in [0, 0.05) is 0 Å². The summed E-state index contributed by atoms with van der Waals surface area (Å²) in [4.78, 5) is 15.5. The van der Waals surface area contributed by atoms with Gasteiger partial charge in [0.25, 0.3) is 0 Å². The van der Waals surface area contributed by atoms with Crippen molar-refractivity contribution in [3.05, 3.63) is 10.0 Å². The second-order valence-electron chi connectivity index (χ2n) is 3.80. The number of aliphatic hydroxyl groups excluding tert-OH is 1. The Morgan fingerprint density at radius 3 is 2.81 bits per heavy atom. The third-order valence-corrected chi connectivity index (χ3v) is 3.13. The van der Waals surface area contributed by atoms with E-state index in [9.17, 15) is 4.79 Å². The van der Waals surface area contributed by atoms with Crippen LogP contribution in [0.15, 0.2) is 0 Å². The highest BCUT2D eigenvalue weighted by atomic mass is 35.5. The van der Waals surface area contributed by atoms with E-state index in [0.29, 0.717) is 5.13 Å². The Bertz CT molecular complexity index is 392. The average Bonchev–Trinajstić information content (AvgIpc) is 2.57. The van der Waals surface area contributed by atoms with E-state index in [1.165, 1.54) is 7.11 Å². The number of nitrogens with one attached hydrogen (secondary N) is 1. The van der Waals surface area contributed by atoms with Crippen LogP contribution in [0.4, 0.5) is 5.13 Å². The van der Waals surface area contributed by atoms with Crippen LogP contribution in [0, 0.1) is 0 Å². The van der Waals surface area contributed by atoms with Crippen LogP contribution in [0.1, 0.15) is 23.5 Å². The lowest BCUT2D eigenvalue weighted by Crippen LogP contribution is -2.34. The van der Waals surface area contributed by atoms with E-state index in [2.05, 4.69) is 15.0 Å². The van der Waals surface area contributed by atoms with Crippen molar-refractivity contribution >= 4 is 34.0 Å². The first-order chi connectivity index (χ1) is 7.39. The molecule has 90 valence electrons. The summed E-state index contributed by atoms with van der Waals surface area (Å²) in [6.45, 7) is 3.55. The van der Waals surface area contributed by atoms with E-state index < -0.39 is 11.5 Å². The Balaban J connectivity index is 2.89. The molecule has 0 aliphatic heterocycles. The van der Waals surface area contributed by atoms with E-state index >= 15 is 0 Å². The van der Waals surface area contributed by atoms with E-state index in [-0.39, 0.29) is 16.6 Å². The zero-order chi connectivity index (χ0) is 12.3. The Morgan fingerprint density at radius 2 is 2.31 bits per heavy atom. The SMILES string of the molecule is COC(=O)c1sc(NC(C)(C)CO)nc1Cl. The van der Waals surface area contributed by atoms with Crippen LogP contribution in [-0.4, -0.2) is 35.3 Å². The van der Waals surface area contributed by atoms with Crippen molar-refractivity contribution in [2.75, 3.05) is 19.0 Å². The molecular formula is C9H13ClN2O3S. The van der Waals surface area contributed by atoms with Gasteiger partial charge >= 0.3 is 5.97 Å². The fourth-order valence-electron chi connectivity index (χ4n) is 0.903. The summed E-state index contributed by atoms with van der Waals surface area (Å²) < 4.78 is 4.56. The summed E-state index contributed by atoms with van der Waals surface area (Å²) in [5.74, 6) is -0.516. The molecule has 5 nitrogen and oxygen atoms in total. The number of anilines is 1. The number of ether oxygens (including phenoxy) is 1. The van der Waals surface area contributed by atoms with Gasteiger partial charge in [-0.15, -0.1) is 0 Å². The fraction of sp³-hybridized carbons (Fsp3) is 0.556. The van der Waals surface area contributed by atoms with Gasteiger partial charge in [-0.05, 0) is 13.8 Å². The van der Waals surface area contributed by atoms with Gasteiger partial charge in [-0.3, -0.25) is 0 Å². The number of hydrogen-bond acceptors (Lipinski definition) is 6. The van der Waals surface area contributed by atoms with Gasteiger partial charge in [0.15, 0.2) is 15.2 Å². The van der Waals surface area contributed by atoms with Crippen LogP contribution < -0.4 is 5.32 Å². The predicted octanol–water partition coefficient (Wildman–Crippen LogP) is 1.77. The van der Waals surface area contributed by atoms with E-state index in [1.54, 1.807) is 13.8 Å². The molecule has 0 fully saturated rings. The standard InChI is InChI=1S/C9H13ClN2O3S/c1-9(2,4-13)12-8-11-6(10)5(16-8)7(14)15-3/h13H,4H2,1-3H3,(H,11,12). The first kappa shape index (κ1) is 13.2. The molecule has 0 saturated heterocycles. The van der Waals surface area contributed by atoms with Gasteiger partial charge < -0.3 is 15.2 Å². The van der Waals surface area contributed by atoms with Gasteiger partial charge in [0.1, 0.15) is 0 Å². The minimum absolute atomic E-state index is 0.0578. The normalized spacial score (nSPS) is 11.3. The van der Waals surface area contributed by atoms with Crippen molar-refractivity contribution in [1.82, 2.24) is 4.98 Å². The van der Waals surface area contributed by atoms with Gasteiger partial charge in [-0.25, -0.2) is 9.78 Å². The van der Waals surface area contributed by atoms with Crippen LogP contribution in [-0.2, 0) is 4.74 Å². The molecule has 7 heteroatoms. The van der Waals surface area contributed by atoms with Crippen LogP contribution in [0.2, 0.25) is 5.15 Å². The highest BCUT2D eigenvalue weighted by molar-refractivity contribution is 7.18. The number of esters is 1. The molecule has 16 heavy (non-hydrogen) atoms. The molecule has 0 unspecified atom stereocenters. The molecular weight excluding hydrogens is 252 g/mol. The third-order valence-electron chi connectivity index (χ3n) is 1.80. The van der Waals surface area contributed by atoms with Crippen molar-refractivity contribution in [2.24, 2.45) is 0 Å². The second-order valence-corrected chi connectivity index (χ2v) is 5.15. The monoisotopic (exact) mass is 264 g/mol. The summed E-state index contributed by atoms with van der Waals surface area (Å²) in [5.41, 5.74) is -0.519. The summed E-state index contributed by atoms with van der Waals surface area (Å²) in [6, 6.07) is 0. The van der Waals surface area contributed by atoms with Crippen molar-refractivity contribution in [1.29, 1.82) is 0 Å². The lowest BCUT2D eigenvalue weighted by Gasteiger charge is -2.22. The highest BCUT2D eigenvalue weighted by Crippen LogP contribution is 2.29. The Labute approximate surface area is 102 Å². The van der Waals surface area contributed by atoms with Crippen LogP contribution in [0.3, 0.4) is 0 Å². The lowest BCUT2D eigenvalue weighted by atomic mass is 10.1. The lowest BCUT2D eigenvalue weighted by molar-refractivity contribution is 0.0606. The molecule has 0 aliphatic rings. The van der Waals surface area contributed by atoms with Crippen molar-refractivity contribution in [2.45, 2.75) is 19.4 Å². The molecule has 0 bridgehead atoms. The smallest absolute Gasteiger partial charge is 0.351 e. The third kappa shape index (κ3) is 3.07. The molecule has 0 atom stereocenters. The molecule has 0 radical (unpaired) electrons. The maximum atomic E-state index is 11.3. The van der Waals surface area contributed by atoms with Crippen LogP contribution >= 0.6 is 22.9 Å². The van der Waals surface area contributed by atoms with Crippen molar-refractivity contribution in [3.63, 3.8) is 0 Å². The molecule has 1 rings (SSSR count). The second kappa shape index (κ2) is 4.99. The topological polar surface area (TPSA) is 71.5 Å². The number of halogens is 1. The largest absolute Gasteiger partial charge is 0.465 e. The van der Waals surface area contributed by atoms with Crippen LogP contribution in [0.25, 0.3) is 0 Å². The summed E-state index contributed by atoms with van der Waals surface area (Å²) in [7, 11) is 1.28. The van der Waals surface area contributed by atoms with Gasteiger partial charge in [0.05, 0.1) is 19.3 Å². The zero-order valence-electron chi connectivity index (χ0n) is 9.20. The first-order valence-electron chi connectivity index (χ1n) is 4.53. The first-order valence-corrected chi connectivity index (χ1v) is 5.73. The molecule has 1 heterocycles. The van der Waals surface area contributed by atoms with Gasteiger partial charge in [0.2, 0.25) is 0 Å². The molecule has 1 aromatic heterocycles. The minimum Gasteiger partial charge on any atom is -0.465 e. The maximum Gasteiger partial charge on any atom is 0.351 e. The van der Waals surface area contributed by atoms with Gasteiger partial charge in [-0.2, -0.15) is 0 Å². The number of rotatable bonds is 4. The number of aromatic nitrogens is 1. The quantitative estimate of drug-likeness (QED) is 0.811. The number of methoxy groups -OCH3 is 1. The molecule has 0 aliphatic carbocycles. The molecule has 0 aromatic carbocycles.